The van der Waals surface area contributed by atoms with E-state index in [0.717, 1.165) is 23.5 Å². The zero-order valence-corrected chi connectivity index (χ0v) is 22.0. The molecule has 5 N–H and O–H groups in total. The van der Waals surface area contributed by atoms with E-state index in [1.54, 1.807) is 0 Å². The summed E-state index contributed by atoms with van der Waals surface area (Å²) in [6.45, 7) is 5.88. The Labute approximate surface area is 213 Å². The van der Waals surface area contributed by atoms with Crippen LogP contribution in [0.3, 0.4) is 0 Å². The summed E-state index contributed by atoms with van der Waals surface area (Å²) in [5.74, 6) is 1.33. The van der Waals surface area contributed by atoms with Crippen LogP contribution < -0.4 is 15.5 Å². The summed E-state index contributed by atoms with van der Waals surface area (Å²) in [6.07, 6.45) is 3.86. The van der Waals surface area contributed by atoms with Crippen molar-refractivity contribution in [1.29, 1.82) is 0 Å². The first-order valence-corrected chi connectivity index (χ1v) is 14.2. The minimum Gasteiger partial charge on any atom is -0.394 e. The fourth-order valence-electron chi connectivity index (χ4n) is 4.49. The van der Waals surface area contributed by atoms with E-state index in [1.807, 2.05) is 37.3 Å². The van der Waals surface area contributed by atoms with Gasteiger partial charge in [-0.2, -0.15) is 10.6 Å². The van der Waals surface area contributed by atoms with E-state index < -0.39 is 15.3 Å². The van der Waals surface area contributed by atoms with Crippen LogP contribution in [0.15, 0.2) is 30.3 Å². The number of rotatable bonds is 7. The highest BCUT2D eigenvalue weighted by Crippen LogP contribution is 2.65. The van der Waals surface area contributed by atoms with Crippen LogP contribution in [0, 0.1) is 0 Å². The molecule has 1 aromatic heterocycles. The second-order valence-electron chi connectivity index (χ2n) is 9.49. The van der Waals surface area contributed by atoms with Gasteiger partial charge < -0.3 is 25.4 Å². The lowest BCUT2D eigenvalue weighted by molar-refractivity contribution is 0.0985. The van der Waals surface area contributed by atoms with Crippen LogP contribution in [-0.4, -0.2) is 74.0 Å². The Morgan fingerprint density at radius 3 is 2.57 bits per heavy atom. The number of anilines is 2. The molecule has 1 saturated heterocycles. The molecule has 11 heteroatoms. The van der Waals surface area contributed by atoms with Crippen molar-refractivity contribution in [3.63, 3.8) is 0 Å². The number of hydrogen-bond acceptors (Lipinski definition) is 8. The van der Waals surface area contributed by atoms with Gasteiger partial charge in [0.2, 0.25) is 0 Å². The summed E-state index contributed by atoms with van der Waals surface area (Å²) in [4.78, 5) is 12.0. The fraction of sp³-hybridized carbons (Fsp3) is 0.542. The molecule has 2 atom stereocenters. The van der Waals surface area contributed by atoms with Crippen LogP contribution in [-0.2, 0) is 9.48 Å². The maximum absolute atomic E-state index is 10.8. The number of hydrogen-bond donors (Lipinski definition) is 5. The zero-order chi connectivity index (χ0) is 25.2. The van der Waals surface area contributed by atoms with Crippen LogP contribution in [0.5, 0.6) is 0 Å². The molecule has 0 bridgehead atoms. The monoisotopic (exact) mass is 521 g/mol. The molecule has 2 aliphatic rings. The van der Waals surface area contributed by atoms with Gasteiger partial charge in [0.05, 0.1) is 31.6 Å². The molecule has 0 radical (unpaired) electrons. The Hall–Kier alpha value is -2.02. The molecule has 192 valence electrons. The minimum atomic E-state index is -2.86. The second kappa shape index (κ2) is 10.5. The largest absolute Gasteiger partial charge is 0.394 e. The number of ether oxygens (including phenoxy) is 1. The Morgan fingerprint density at radius 1 is 1.29 bits per heavy atom. The lowest BCUT2D eigenvalue weighted by Gasteiger charge is -2.53. The highest BCUT2D eigenvalue weighted by atomic mass is 32.3. The molecule has 35 heavy (non-hydrogen) atoms. The molecule has 2 aromatic rings. The van der Waals surface area contributed by atoms with Gasteiger partial charge in [-0.05, 0) is 69.6 Å². The number of nitrogens with one attached hydrogen (secondary N) is 2. The molecule has 1 aliphatic heterocycles. The lowest BCUT2D eigenvalue weighted by Crippen LogP contribution is -2.45. The summed E-state index contributed by atoms with van der Waals surface area (Å²) in [7, 11) is -2.86. The van der Waals surface area contributed by atoms with E-state index in [4.69, 9.17) is 26.9 Å². The standard InChI is InChI=1S/C24H35N5O4S2/c1-16(14-30)25-23(34)26-19-7-5-18(6-8-19)22-27-20(24(9-4-10-24)35(3,31)32)13-21(28-22)29-11-12-33-15-17(29)2/h5-8,13,16-17,30-32H,4,9-12,14-15H2,1-3H3,(H2,25,26,34)/t16-,17-/m0/s1. The Morgan fingerprint density at radius 2 is 2.00 bits per heavy atom. The molecule has 1 saturated carbocycles. The Balaban J connectivity index is 1.67. The maximum atomic E-state index is 10.8. The number of morpholine rings is 1. The summed E-state index contributed by atoms with van der Waals surface area (Å²) in [5, 5.41) is 15.7. The fourth-order valence-corrected chi connectivity index (χ4v) is 6.37. The Kier molecular flexibility index (Phi) is 7.84. The van der Waals surface area contributed by atoms with Crippen molar-refractivity contribution < 1.29 is 18.9 Å². The number of benzene rings is 1. The van der Waals surface area contributed by atoms with E-state index in [1.165, 1.54) is 6.26 Å². The van der Waals surface area contributed by atoms with Crippen LogP contribution >= 0.6 is 22.8 Å². The van der Waals surface area contributed by atoms with Gasteiger partial charge in [0.1, 0.15) is 10.6 Å². The van der Waals surface area contributed by atoms with E-state index in [0.29, 0.717) is 49.2 Å². The van der Waals surface area contributed by atoms with Crippen molar-refractivity contribution in [1.82, 2.24) is 15.3 Å². The van der Waals surface area contributed by atoms with E-state index >= 15 is 0 Å². The van der Waals surface area contributed by atoms with Crippen molar-refractivity contribution >= 4 is 39.4 Å². The first kappa shape index (κ1) is 26.1. The van der Waals surface area contributed by atoms with Gasteiger partial charge >= 0.3 is 0 Å². The molecule has 2 heterocycles. The number of thiocarbonyl (C=S) groups is 1. The lowest BCUT2D eigenvalue weighted by atomic mass is 9.81. The predicted molar refractivity (Wildman–Crippen MR) is 145 cm³/mol. The average Bonchev–Trinajstić information content (AvgIpc) is 2.77. The average molecular weight is 522 g/mol. The van der Waals surface area contributed by atoms with Crippen molar-refractivity contribution in [2.24, 2.45) is 0 Å². The quantitative estimate of drug-likeness (QED) is 0.344. The maximum Gasteiger partial charge on any atom is 0.171 e. The molecule has 0 spiro atoms. The number of aliphatic hydroxyl groups excluding tert-OH is 1. The number of aliphatic hydroxyl groups is 1. The van der Waals surface area contributed by atoms with Gasteiger partial charge in [-0.25, -0.2) is 9.97 Å². The molecule has 4 rings (SSSR count). The molecule has 0 unspecified atom stereocenters. The van der Waals surface area contributed by atoms with Gasteiger partial charge in [0.25, 0.3) is 0 Å². The predicted octanol–water partition coefficient (Wildman–Crippen LogP) is 3.80. The number of aromatic nitrogens is 2. The molecular formula is C24H35N5O4S2. The third-order valence-electron chi connectivity index (χ3n) is 6.80. The third-order valence-corrected chi connectivity index (χ3v) is 9.11. The smallest absolute Gasteiger partial charge is 0.171 e. The normalized spacial score (nSPS) is 21.1. The van der Waals surface area contributed by atoms with Gasteiger partial charge in [-0.15, -0.1) is 0 Å². The number of nitrogens with zero attached hydrogens (tertiary/aromatic N) is 3. The zero-order valence-electron chi connectivity index (χ0n) is 20.4. The van der Waals surface area contributed by atoms with E-state index in [2.05, 4.69) is 22.5 Å². The molecule has 1 aromatic carbocycles. The van der Waals surface area contributed by atoms with Crippen LogP contribution in [0.2, 0.25) is 0 Å². The summed E-state index contributed by atoms with van der Waals surface area (Å²) >= 11 is 5.30. The molecule has 1 aliphatic carbocycles. The van der Waals surface area contributed by atoms with Gasteiger partial charge in [0.15, 0.2) is 10.9 Å². The first-order valence-electron chi connectivity index (χ1n) is 11.9. The molecule has 0 amide bonds. The summed E-state index contributed by atoms with van der Waals surface area (Å²) in [6, 6.07) is 9.58. The highest BCUT2D eigenvalue weighted by Gasteiger charge is 2.49. The van der Waals surface area contributed by atoms with Crippen LogP contribution in [0.1, 0.15) is 38.8 Å². The van der Waals surface area contributed by atoms with E-state index in [-0.39, 0.29) is 18.7 Å². The summed E-state index contributed by atoms with van der Waals surface area (Å²) in [5.41, 5.74) is 2.31. The van der Waals surface area contributed by atoms with Gasteiger partial charge in [0, 0.05) is 36.2 Å². The van der Waals surface area contributed by atoms with Crippen molar-refractivity contribution in [3.8, 4) is 11.4 Å². The second-order valence-corrected chi connectivity index (χ2v) is 12.3. The minimum absolute atomic E-state index is 0.0114. The topological polar surface area (TPSA) is 123 Å². The van der Waals surface area contributed by atoms with Crippen molar-refractivity contribution in [2.45, 2.75) is 49.9 Å². The Bertz CT molecular complexity index is 1040. The molecule has 9 nitrogen and oxygen atoms in total. The van der Waals surface area contributed by atoms with Crippen molar-refractivity contribution in [2.75, 3.05) is 42.8 Å². The van der Waals surface area contributed by atoms with Crippen molar-refractivity contribution in [3.05, 3.63) is 36.0 Å². The van der Waals surface area contributed by atoms with Gasteiger partial charge in [-0.1, -0.05) is 0 Å². The molecular weight excluding hydrogens is 486 g/mol. The third kappa shape index (κ3) is 5.55. The summed E-state index contributed by atoms with van der Waals surface area (Å²) < 4.78 is 26.4. The first-order chi connectivity index (χ1) is 16.6. The van der Waals surface area contributed by atoms with Gasteiger partial charge in [-0.3, -0.25) is 9.11 Å². The van der Waals surface area contributed by atoms with E-state index in [9.17, 15) is 14.2 Å². The van der Waals surface area contributed by atoms with Crippen LogP contribution in [0.25, 0.3) is 11.4 Å². The molecule has 2 fully saturated rings. The highest BCUT2D eigenvalue weighted by molar-refractivity contribution is 8.24. The SMILES string of the molecule is C[C@@H](CO)NC(=S)Nc1ccc(-c2nc(N3CCOC[C@@H]3C)cc(C3(S(C)(O)O)CCC3)n2)cc1. The van der Waals surface area contributed by atoms with Crippen LogP contribution in [0.4, 0.5) is 11.5 Å².